The minimum Gasteiger partial charge on any atom is -0.491 e. The number of nitrogens with one attached hydrogen (secondary N) is 2. The first-order valence-electron chi connectivity index (χ1n) is 10.5. The van der Waals surface area contributed by atoms with Crippen LogP contribution in [0, 0.1) is 5.41 Å². The summed E-state index contributed by atoms with van der Waals surface area (Å²) in [4.78, 5) is 4.75. The predicted octanol–water partition coefficient (Wildman–Crippen LogP) is 3.27. The fourth-order valence-corrected chi connectivity index (χ4v) is 3.04. The van der Waals surface area contributed by atoms with Gasteiger partial charge in [-0.2, -0.15) is 0 Å². The molecule has 158 valence electrons. The van der Waals surface area contributed by atoms with Crippen LogP contribution in [0.15, 0.2) is 29.3 Å². The van der Waals surface area contributed by atoms with Gasteiger partial charge in [-0.15, -0.1) is 0 Å². The van der Waals surface area contributed by atoms with Gasteiger partial charge < -0.3 is 25.2 Å². The van der Waals surface area contributed by atoms with Crippen LogP contribution in [-0.4, -0.2) is 50.0 Å². The topological polar surface area (TPSA) is 75.1 Å². The fraction of sp³-hybridized carbons (Fsp3) is 0.682. The van der Waals surface area contributed by atoms with Gasteiger partial charge in [-0.25, -0.2) is 0 Å². The lowest BCUT2D eigenvalue weighted by atomic mass is 10.0. The largest absolute Gasteiger partial charge is 0.491 e. The lowest BCUT2D eigenvalue weighted by Crippen LogP contribution is -2.39. The Morgan fingerprint density at radius 2 is 1.89 bits per heavy atom. The second-order valence-corrected chi connectivity index (χ2v) is 7.77. The Morgan fingerprint density at radius 1 is 1.18 bits per heavy atom. The SMILES string of the molecule is CCNC(=NCC1(CCOCC)CC1)NCC(O)c1ccc(OC(C)C)cc1. The van der Waals surface area contributed by atoms with E-state index in [1.54, 1.807) is 0 Å². The van der Waals surface area contributed by atoms with Crippen LogP contribution in [0.3, 0.4) is 0 Å². The lowest BCUT2D eigenvalue weighted by Gasteiger charge is -2.18. The number of nitrogens with zero attached hydrogens (tertiary/aromatic N) is 1. The number of aliphatic hydroxyl groups excluding tert-OH is 1. The van der Waals surface area contributed by atoms with E-state index < -0.39 is 6.10 Å². The van der Waals surface area contributed by atoms with Gasteiger partial charge in [0.15, 0.2) is 5.96 Å². The molecule has 1 aromatic carbocycles. The highest BCUT2D eigenvalue weighted by Crippen LogP contribution is 2.49. The van der Waals surface area contributed by atoms with Crippen LogP contribution >= 0.6 is 0 Å². The molecule has 0 bridgehead atoms. The average molecular weight is 392 g/mol. The van der Waals surface area contributed by atoms with Crippen molar-refractivity contribution in [1.82, 2.24) is 10.6 Å². The molecule has 0 heterocycles. The first-order chi connectivity index (χ1) is 13.5. The van der Waals surface area contributed by atoms with Gasteiger partial charge in [0.2, 0.25) is 0 Å². The van der Waals surface area contributed by atoms with Crippen molar-refractivity contribution in [2.75, 3.05) is 32.8 Å². The Balaban J connectivity index is 1.84. The van der Waals surface area contributed by atoms with E-state index in [0.29, 0.717) is 12.0 Å². The van der Waals surface area contributed by atoms with Gasteiger partial charge in [0, 0.05) is 32.8 Å². The summed E-state index contributed by atoms with van der Waals surface area (Å²) in [5, 5.41) is 17.0. The van der Waals surface area contributed by atoms with Gasteiger partial charge in [0.05, 0.1) is 12.2 Å². The van der Waals surface area contributed by atoms with Crippen molar-refractivity contribution in [1.29, 1.82) is 0 Å². The fourth-order valence-electron chi connectivity index (χ4n) is 3.04. The number of ether oxygens (including phenoxy) is 2. The molecular weight excluding hydrogens is 354 g/mol. The molecule has 1 unspecified atom stereocenters. The zero-order valence-corrected chi connectivity index (χ0v) is 17.8. The smallest absolute Gasteiger partial charge is 0.191 e. The molecule has 0 aromatic heterocycles. The lowest BCUT2D eigenvalue weighted by molar-refractivity contribution is 0.129. The second kappa shape index (κ2) is 11.3. The first-order valence-corrected chi connectivity index (χ1v) is 10.5. The zero-order chi connectivity index (χ0) is 20.4. The van der Waals surface area contributed by atoms with E-state index >= 15 is 0 Å². The average Bonchev–Trinajstić information content (AvgIpc) is 3.44. The van der Waals surface area contributed by atoms with E-state index in [1.807, 2.05) is 52.0 Å². The molecule has 1 atom stereocenters. The van der Waals surface area contributed by atoms with Crippen LogP contribution < -0.4 is 15.4 Å². The summed E-state index contributed by atoms with van der Waals surface area (Å²) in [6.07, 6.45) is 3.04. The molecule has 6 heteroatoms. The third-order valence-corrected chi connectivity index (χ3v) is 4.95. The van der Waals surface area contributed by atoms with Crippen LogP contribution in [0.4, 0.5) is 0 Å². The summed E-state index contributed by atoms with van der Waals surface area (Å²) in [6.45, 7) is 11.6. The van der Waals surface area contributed by atoms with Crippen molar-refractivity contribution >= 4 is 5.96 Å². The molecule has 1 aliphatic rings. The summed E-state index contributed by atoms with van der Waals surface area (Å²) >= 11 is 0. The maximum atomic E-state index is 10.5. The molecule has 0 saturated heterocycles. The Hall–Kier alpha value is -1.79. The van der Waals surface area contributed by atoms with Crippen LogP contribution in [-0.2, 0) is 4.74 Å². The van der Waals surface area contributed by atoms with Crippen LogP contribution in [0.25, 0.3) is 0 Å². The summed E-state index contributed by atoms with van der Waals surface area (Å²) in [7, 11) is 0. The van der Waals surface area contributed by atoms with E-state index in [9.17, 15) is 5.11 Å². The predicted molar refractivity (Wildman–Crippen MR) is 114 cm³/mol. The third-order valence-electron chi connectivity index (χ3n) is 4.95. The Morgan fingerprint density at radius 3 is 2.46 bits per heavy atom. The number of aliphatic hydroxyl groups is 1. The molecule has 3 N–H and O–H groups in total. The molecule has 1 aromatic rings. The second-order valence-electron chi connectivity index (χ2n) is 7.77. The molecule has 1 saturated carbocycles. The van der Waals surface area contributed by atoms with Crippen LogP contribution in [0.1, 0.15) is 58.6 Å². The molecule has 1 aliphatic carbocycles. The van der Waals surface area contributed by atoms with Crippen molar-refractivity contribution in [3.8, 4) is 5.75 Å². The zero-order valence-electron chi connectivity index (χ0n) is 17.8. The Bertz CT molecular complexity index is 598. The number of aliphatic imine (C=N–C) groups is 1. The van der Waals surface area contributed by atoms with E-state index in [-0.39, 0.29) is 6.10 Å². The van der Waals surface area contributed by atoms with Crippen molar-refractivity contribution < 1.29 is 14.6 Å². The maximum absolute atomic E-state index is 10.5. The monoisotopic (exact) mass is 391 g/mol. The normalized spacial score (nSPS) is 16.7. The van der Waals surface area contributed by atoms with Gasteiger partial charge in [0.25, 0.3) is 0 Å². The van der Waals surface area contributed by atoms with E-state index in [2.05, 4.69) is 10.6 Å². The standard InChI is InChI=1S/C22H37N3O3/c1-5-23-21(25-16-22(11-12-22)13-14-27-6-2)24-15-20(26)18-7-9-19(10-8-18)28-17(3)4/h7-10,17,20,26H,5-6,11-16H2,1-4H3,(H2,23,24,25). The summed E-state index contributed by atoms with van der Waals surface area (Å²) in [5.74, 6) is 1.57. The molecule has 6 nitrogen and oxygen atoms in total. The maximum Gasteiger partial charge on any atom is 0.191 e. The quantitative estimate of drug-likeness (QED) is 0.290. The van der Waals surface area contributed by atoms with Crippen molar-refractivity contribution in [2.24, 2.45) is 10.4 Å². The molecular formula is C22H37N3O3. The number of guanidine groups is 1. The van der Waals surface area contributed by atoms with Crippen molar-refractivity contribution in [3.63, 3.8) is 0 Å². The molecule has 0 aliphatic heterocycles. The Kier molecular flexibility index (Phi) is 9.06. The Labute approximate surface area is 169 Å². The highest BCUT2D eigenvalue weighted by atomic mass is 16.5. The first kappa shape index (κ1) is 22.5. The molecule has 2 rings (SSSR count). The molecule has 28 heavy (non-hydrogen) atoms. The molecule has 1 fully saturated rings. The van der Waals surface area contributed by atoms with E-state index in [0.717, 1.165) is 50.0 Å². The van der Waals surface area contributed by atoms with Gasteiger partial charge >= 0.3 is 0 Å². The minimum atomic E-state index is -0.607. The van der Waals surface area contributed by atoms with Crippen molar-refractivity contribution in [3.05, 3.63) is 29.8 Å². The van der Waals surface area contributed by atoms with E-state index in [1.165, 1.54) is 12.8 Å². The van der Waals surface area contributed by atoms with Gasteiger partial charge in [-0.3, -0.25) is 4.99 Å². The van der Waals surface area contributed by atoms with Crippen LogP contribution in [0.5, 0.6) is 5.75 Å². The number of rotatable bonds is 12. The van der Waals surface area contributed by atoms with Gasteiger partial charge in [-0.1, -0.05) is 12.1 Å². The molecule has 0 spiro atoms. The minimum absolute atomic E-state index is 0.139. The highest BCUT2D eigenvalue weighted by molar-refractivity contribution is 5.79. The van der Waals surface area contributed by atoms with Crippen LogP contribution in [0.2, 0.25) is 0 Å². The highest BCUT2D eigenvalue weighted by Gasteiger charge is 2.41. The van der Waals surface area contributed by atoms with E-state index in [4.69, 9.17) is 14.5 Å². The third kappa shape index (κ3) is 7.68. The molecule has 0 amide bonds. The number of hydrogen-bond donors (Lipinski definition) is 3. The summed E-state index contributed by atoms with van der Waals surface area (Å²) in [6, 6.07) is 7.60. The molecule has 0 radical (unpaired) electrons. The number of benzene rings is 1. The number of hydrogen-bond acceptors (Lipinski definition) is 4. The van der Waals surface area contributed by atoms with Gasteiger partial charge in [0.1, 0.15) is 5.75 Å². The summed E-state index contributed by atoms with van der Waals surface area (Å²) < 4.78 is 11.1. The van der Waals surface area contributed by atoms with Crippen molar-refractivity contribution in [2.45, 2.75) is 59.2 Å². The van der Waals surface area contributed by atoms with Gasteiger partial charge in [-0.05, 0) is 70.1 Å². The summed E-state index contributed by atoms with van der Waals surface area (Å²) in [5.41, 5.74) is 1.16.